The standard InChI is InChI=1S/C17H26N2O7Si.C17H28N2O6Si/c1-9-7-19(15(23)18-12(9)20)13-10-11(26-27(5,6)16(2,3)4)17(25-13,8-24-10)14(21)22;1-10-7-19(15(22)18-13(10)21)14-11-12(17(8-20,24-14)9-23-11)25-26(5,6)16(2,3)4/h7,10-11,13H,8H2,1-6H3,(H,21,22)(H,18,20,23);7,11-12,14,20H,8-9H2,1-6H3,(H,18,21,22)/t10?,11-,13-,17+;11?,12-,14-,17+/m11/s1. The number of nitrogens with zero attached hydrogens (tertiary/aromatic N) is 2. The van der Waals surface area contributed by atoms with E-state index in [1.165, 1.54) is 21.5 Å². The molecule has 296 valence electrons. The van der Waals surface area contributed by atoms with E-state index in [2.05, 4.69) is 64.6 Å². The maximum Gasteiger partial charge on any atom is 0.341 e. The van der Waals surface area contributed by atoms with E-state index in [-0.39, 0.29) is 29.9 Å². The summed E-state index contributed by atoms with van der Waals surface area (Å²) in [5.74, 6) is -1.19. The predicted molar refractivity (Wildman–Crippen MR) is 196 cm³/mol. The number of nitrogens with one attached hydrogen (secondary N) is 2. The van der Waals surface area contributed by atoms with Crippen molar-refractivity contribution in [3.05, 3.63) is 65.2 Å². The lowest BCUT2D eigenvalue weighted by Crippen LogP contribution is -2.54. The van der Waals surface area contributed by atoms with Crippen LogP contribution in [-0.2, 0) is 32.6 Å². The third-order valence-electron chi connectivity index (χ3n) is 11.8. The average Bonchev–Trinajstić information content (AvgIpc) is 3.75. The van der Waals surface area contributed by atoms with Gasteiger partial charge in [-0.15, -0.1) is 0 Å². The molecule has 8 atom stereocenters. The molecule has 4 aliphatic heterocycles. The molecule has 4 bridgehead atoms. The lowest BCUT2D eigenvalue weighted by molar-refractivity contribution is -0.199. The van der Waals surface area contributed by atoms with Crippen LogP contribution in [0.25, 0.3) is 0 Å². The zero-order valence-electron chi connectivity index (χ0n) is 32.5. The summed E-state index contributed by atoms with van der Waals surface area (Å²) in [6.07, 6.45) is -1.55. The molecule has 2 unspecified atom stereocenters. The van der Waals surface area contributed by atoms with E-state index in [1.807, 2.05) is 13.1 Å². The van der Waals surface area contributed by atoms with Crippen molar-refractivity contribution in [2.45, 2.75) is 140 Å². The smallest absolute Gasteiger partial charge is 0.341 e. The second-order valence-corrected chi connectivity index (χ2v) is 27.1. The molecule has 0 amide bonds. The number of hydrogen-bond acceptors (Lipinski definition) is 12. The first-order valence-corrected chi connectivity index (χ1v) is 23.5. The van der Waals surface area contributed by atoms with Crippen LogP contribution in [0, 0.1) is 13.8 Å². The van der Waals surface area contributed by atoms with E-state index in [9.17, 15) is 34.2 Å². The highest BCUT2D eigenvalue weighted by molar-refractivity contribution is 6.74. The second-order valence-electron chi connectivity index (χ2n) is 17.5. The SMILES string of the molecule is Cc1cn([C@@H]2O[C@@]3(C(=O)O)COC2[C@H]3O[Si](C)(C)C(C)(C)C)c(=O)[nH]c1=O.Cc1cn([C@@H]2O[C@@]3(CO)COC2[C@H]3O[Si](C)(C)C(C)(C)C)c(=O)[nH]c1=O. The number of rotatable bonds is 8. The summed E-state index contributed by atoms with van der Waals surface area (Å²) in [6, 6.07) is 0. The second kappa shape index (κ2) is 13.6. The minimum absolute atomic E-state index is 0.0212. The minimum atomic E-state index is -2.34. The molecular weight excluding hydrogens is 729 g/mol. The number of aliphatic hydroxyl groups is 1. The number of ether oxygens (including phenoxy) is 4. The molecule has 4 N–H and O–H groups in total. The largest absolute Gasteiger partial charge is 0.479 e. The number of aromatic nitrogens is 4. The highest BCUT2D eigenvalue weighted by atomic mass is 28.4. The molecule has 0 spiro atoms. The third-order valence-corrected chi connectivity index (χ3v) is 20.7. The summed E-state index contributed by atoms with van der Waals surface area (Å²) in [5, 5.41) is 19.7. The molecule has 4 fully saturated rings. The zero-order chi connectivity index (χ0) is 39.9. The predicted octanol–water partition coefficient (Wildman–Crippen LogP) is 1.88. The number of carboxylic acids is 1. The number of aryl methyl sites for hydroxylation is 2. The number of fused-ring (bicyclic) bond motifs is 4. The summed E-state index contributed by atoms with van der Waals surface area (Å²) >= 11 is 0. The van der Waals surface area contributed by atoms with Crippen molar-refractivity contribution in [1.29, 1.82) is 0 Å². The van der Waals surface area contributed by atoms with Crippen molar-refractivity contribution in [3.63, 3.8) is 0 Å². The number of carboxylic acid groups (broad SMARTS) is 1. The zero-order valence-corrected chi connectivity index (χ0v) is 34.5. The molecule has 0 radical (unpaired) electrons. The van der Waals surface area contributed by atoms with Crippen molar-refractivity contribution in [2.75, 3.05) is 19.8 Å². The Balaban J connectivity index is 0.000000204. The Labute approximate surface area is 308 Å². The van der Waals surface area contributed by atoms with Crippen LogP contribution in [0.5, 0.6) is 0 Å². The van der Waals surface area contributed by atoms with Crippen LogP contribution in [-0.4, -0.2) is 107 Å². The topological polar surface area (TPSA) is 223 Å². The van der Waals surface area contributed by atoms with Gasteiger partial charge in [-0.2, -0.15) is 0 Å². The Kier molecular flexibility index (Phi) is 10.6. The van der Waals surface area contributed by atoms with Crippen LogP contribution >= 0.6 is 0 Å². The van der Waals surface area contributed by atoms with Gasteiger partial charge in [0.05, 0.1) is 19.8 Å². The van der Waals surface area contributed by atoms with E-state index in [4.69, 9.17) is 27.8 Å². The molecule has 53 heavy (non-hydrogen) atoms. The molecule has 2 aromatic rings. The molecule has 4 aliphatic rings. The molecule has 6 heterocycles. The minimum Gasteiger partial charge on any atom is -0.479 e. The number of carbonyl (C=O) groups is 1. The Morgan fingerprint density at radius 1 is 0.792 bits per heavy atom. The van der Waals surface area contributed by atoms with Crippen molar-refractivity contribution in [2.24, 2.45) is 0 Å². The normalized spacial score (nSPS) is 31.1. The lowest BCUT2D eigenvalue weighted by atomic mass is 10.00. The van der Waals surface area contributed by atoms with Gasteiger partial charge in [-0.05, 0) is 50.1 Å². The van der Waals surface area contributed by atoms with Gasteiger partial charge in [0.25, 0.3) is 11.1 Å². The van der Waals surface area contributed by atoms with Crippen molar-refractivity contribution >= 4 is 22.6 Å². The van der Waals surface area contributed by atoms with Crippen molar-refractivity contribution in [1.82, 2.24) is 19.1 Å². The summed E-state index contributed by atoms with van der Waals surface area (Å²) in [7, 11) is -4.50. The molecule has 17 nitrogen and oxygen atoms in total. The fourth-order valence-corrected chi connectivity index (χ4v) is 8.98. The first-order chi connectivity index (χ1) is 24.2. The quantitative estimate of drug-likeness (QED) is 0.281. The monoisotopic (exact) mass is 782 g/mol. The number of hydrogen-bond donors (Lipinski definition) is 4. The molecule has 0 aliphatic carbocycles. The highest BCUT2D eigenvalue weighted by Gasteiger charge is 2.69. The van der Waals surface area contributed by atoms with Crippen molar-refractivity contribution < 1.29 is 42.8 Å². The molecular formula is C34H54N4O13Si2. The van der Waals surface area contributed by atoms with Crippen LogP contribution in [0.15, 0.2) is 31.6 Å². The number of aliphatic hydroxyl groups excluding tert-OH is 1. The fourth-order valence-electron chi connectivity index (χ4n) is 6.33. The maximum absolute atomic E-state index is 12.3. The van der Waals surface area contributed by atoms with Gasteiger partial charge in [-0.3, -0.25) is 28.7 Å². The van der Waals surface area contributed by atoms with Gasteiger partial charge >= 0.3 is 17.3 Å². The molecule has 0 saturated carbocycles. The number of aliphatic carboxylic acids is 1. The summed E-state index contributed by atoms with van der Waals surface area (Å²) in [4.78, 5) is 64.4. The molecule has 0 aromatic carbocycles. The summed E-state index contributed by atoms with van der Waals surface area (Å²) in [5.41, 5.74) is -4.16. The first-order valence-electron chi connectivity index (χ1n) is 17.6. The first kappa shape index (κ1) is 41.2. The Morgan fingerprint density at radius 3 is 1.64 bits per heavy atom. The average molecular weight is 783 g/mol. The molecule has 2 aromatic heterocycles. The maximum atomic E-state index is 12.3. The highest BCUT2D eigenvalue weighted by Crippen LogP contribution is 2.51. The van der Waals surface area contributed by atoms with Crippen LogP contribution < -0.4 is 22.5 Å². The summed E-state index contributed by atoms with van der Waals surface area (Å²) < 4.78 is 38.9. The molecule has 4 saturated heterocycles. The van der Waals surface area contributed by atoms with E-state index >= 15 is 0 Å². The van der Waals surface area contributed by atoms with Crippen molar-refractivity contribution in [3.8, 4) is 0 Å². The summed E-state index contributed by atoms with van der Waals surface area (Å²) in [6.45, 7) is 23.8. The van der Waals surface area contributed by atoms with Gasteiger partial charge < -0.3 is 38.0 Å². The van der Waals surface area contributed by atoms with Gasteiger partial charge in [0.1, 0.15) is 30.0 Å². The number of aromatic amines is 2. The van der Waals surface area contributed by atoms with Gasteiger partial charge in [0, 0.05) is 23.5 Å². The van der Waals surface area contributed by atoms with Crippen LogP contribution in [0.4, 0.5) is 0 Å². The third kappa shape index (κ3) is 7.03. The van der Waals surface area contributed by atoms with E-state index in [0.29, 0.717) is 11.1 Å². The van der Waals surface area contributed by atoms with Gasteiger partial charge in [0.15, 0.2) is 29.1 Å². The Hall–Kier alpha value is -3.02. The Morgan fingerprint density at radius 2 is 1.21 bits per heavy atom. The van der Waals surface area contributed by atoms with E-state index in [1.54, 1.807) is 13.8 Å². The Bertz CT molecular complexity index is 1980. The van der Waals surface area contributed by atoms with E-state index in [0.717, 1.165) is 0 Å². The number of H-pyrrole nitrogens is 2. The van der Waals surface area contributed by atoms with Gasteiger partial charge in [-0.1, -0.05) is 41.5 Å². The van der Waals surface area contributed by atoms with Gasteiger partial charge in [-0.25, -0.2) is 14.4 Å². The van der Waals surface area contributed by atoms with Crippen LogP contribution in [0.2, 0.25) is 36.3 Å². The fraction of sp³-hybridized carbons (Fsp3) is 0.735. The van der Waals surface area contributed by atoms with Gasteiger partial charge in [0.2, 0.25) is 5.60 Å². The molecule has 19 heteroatoms. The molecule has 6 rings (SSSR count). The van der Waals surface area contributed by atoms with E-state index < -0.39 is 93.2 Å². The van der Waals surface area contributed by atoms with Crippen LogP contribution in [0.1, 0.15) is 65.1 Å². The van der Waals surface area contributed by atoms with Crippen LogP contribution in [0.3, 0.4) is 0 Å². The lowest BCUT2D eigenvalue weighted by Gasteiger charge is -2.40.